The first-order valence-corrected chi connectivity index (χ1v) is 5.68. The number of carbonyl (C=O) groups is 1. The number of hydrogen-bond donors (Lipinski definition) is 1. The minimum Gasteiger partial charge on any atom is -0.371 e. The first-order chi connectivity index (χ1) is 8.29. The molecule has 0 saturated heterocycles. The standard InChI is InChI=1S/C14H15NO2/c1-2-5-14(16)15-9-13-8-11-6-3-4-7-12(11)10-17-13/h3-4,6-7,13H,8-10H2,1H3,(H,15,16). The molecule has 1 heterocycles. The Kier molecular flexibility index (Phi) is 3.79. The predicted molar refractivity (Wildman–Crippen MR) is 65.2 cm³/mol. The van der Waals surface area contributed by atoms with Crippen molar-refractivity contribution in [2.75, 3.05) is 6.54 Å². The molecule has 1 aromatic rings. The van der Waals surface area contributed by atoms with Gasteiger partial charge in [0.05, 0.1) is 12.7 Å². The van der Waals surface area contributed by atoms with Crippen molar-refractivity contribution < 1.29 is 9.53 Å². The van der Waals surface area contributed by atoms with Crippen molar-refractivity contribution in [3.63, 3.8) is 0 Å². The lowest BCUT2D eigenvalue weighted by atomic mass is 9.99. The Labute approximate surface area is 101 Å². The number of fused-ring (bicyclic) bond motifs is 1. The van der Waals surface area contributed by atoms with Crippen LogP contribution < -0.4 is 5.32 Å². The molecular formula is C14H15NO2. The molecule has 1 unspecified atom stereocenters. The number of ether oxygens (including phenoxy) is 1. The van der Waals surface area contributed by atoms with Gasteiger partial charge in [-0.1, -0.05) is 30.2 Å². The zero-order chi connectivity index (χ0) is 12.1. The van der Waals surface area contributed by atoms with Crippen LogP contribution in [0.2, 0.25) is 0 Å². The molecule has 0 saturated carbocycles. The van der Waals surface area contributed by atoms with E-state index >= 15 is 0 Å². The third-order valence-corrected chi connectivity index (χ3v) is 2.77. The average molecular weight is 229 g/mol. The van der Waals surface area contributed by atoms with Crippen LogP contribution in [-0.2, 0) is 22.6 Å². The minimum absolute atomic E-state index is 0.0486. The lowest BCUT2D eigenvalue weighted by Crippen LogP contribution is -2.36. The van der Waals surface area contributed by atoms with E-state index in [2.05, 4.69) is 29.3 Å². The van der Waals surface area contributed by atoms with E-state index in [1.165, 1.54) is 11.1 Å². The fourth-order valence-electron chi connectivity index (χ4n) is 1.90. The fraction of sp³-hybridized carbons (Fsp3) is 0.357. The van der Waals surface area contributed by atoms with Gasteiger partial charge in [0.15, 0.2) is 0 Å². The smallest absolute Gasteiger partial charge is 0.295 e. The van der Waals surface area contributed by atoms with Crippen LogP contribution in [0.25, 0.3) is 0 Å². The average Bonchev–Trinajstić information content (AvgIpc) is 2.36. The van der Waals surface area contributed by atoms with E-state index in [1.54, 1.807) is 6.92 Å². The van der Waals surface area contributed by atoms with Crippen LogP contribution >= 0.6 is 0 Å². The third-order valence-electron chi connectivity index (χ3n) is 2.77. The van der Waals surface area contributed by atoms with Gasteiger partial charge in [0, 0.05) is 13.0 Å². The van der Waals surface area contributed by atoms with Crippen molar-refractivity contribution in [1.82, 2.24) is 5.32 Å². The van der Waals surface area contributed by atoms with E-state index in [4.69, 9.17) is 4.74 Å². The van der Waals surface area contributed by atoms with Gasteiger partial charge in [-0.2, -0.15) is 0 Å². The maximum Gasteiger partial charge on any atom is 0.295 e. The van der Waals surface area contributed by atoms with Gasteiger partial charge in [0.2, 0.25) is 0 Å². The van der Waals surface area contributed by atoms with E-state index < -0.39 is 0 Å². The summed E-state index contributed by atoms with van der Waals surface area (Å²) in [4.78, 5) is 11.2. The van der Waals surface area contributed by atoms with E-state index in [0.717, 1.165) is 6.42 Å². The predicted octanol–water partition coefficient (Wildman–Crippen LogP) is 1.27. The third kappa shape index (κ3) is 3.08. The summed E-state index contributed by atoms with van der Waals surface area (Å²) in [5.41, 5.74) is 2.54. The van der Waals surface area contributed by atoms with Gasteiger partial charge in [0.25, 0.3) is 5.91 Å². The molecule has 0 spiro atoms. The first kappa shape index (κ1) is 11.7. The Morgan fingerprint density at radius 2 is 2.24 bits per heavy atom. The molecule has 0 aromatic heterocycles. The Bertz CT molecular complexity index is 471. The molecule has 17 heavy (non-hydrogen) atoms. The van der Waals surface area contributed by atoms with Crippen LogP contribution in [0.15, 0.2) is 24.3 Å². The van der Waals surface area contributed by atoms with E-state index in [1.807, 2.05) is 12.1 Å². The van der Waals surface area contributed by atoms with Crippen molar-refractivity contribution in [3.8, 4) is 11.8 Å². The van der Waals surface area contributed by atoms with Crippen LogP contribution in [-0.4, -0.2) is 18.6 Å². The monoisotopic (exact) mass is 229 g/mol. The summed E-state index contributed by atoms with van der Waals surface area (Å²) in [6.45, 7) is 2.78. The summed E-state index contributed by atoms with van der Waals surface area (Å²) < 4.78 is 5.67. The quantitative estimate of drug-likeness (QED) is 0.775. The van der Waals surface area contributed by atoms with Gasteiger partial charge >= 0.3 is 0 Å². The zero-order valence-corrected chi connectivity index (χ0v) is 9.82. The summed E-state index contributed by atoms with van der Waals surface area (Å²) in [6, 6.07) is 8.23. The Hall–Kier alpha value is -1.79. The van der Waals surface area contributed by atoms with Crippen LogP contribution in [0, 0.1) is 11.8 Å². The normalized spacial score (nSPS) is 17.6. The second-order valence-electron chi connectivity index (χ2n) is 3.99. The molecule has 1 N–H and O–H groups in total. The van der Waals surface area contributed by atoms with Gasteiger partial charge in [-0.3, -0.25) is 4.79 Å². The Morgan fingerprint density at radius 3 is 3.00 bits per heavy atom. The summed E-state index contributed by atoms with van der Waals surface area (Å²) in [5, 5.41) is 2.75. The largest absolute Gasteiger partial charge is 0.371 e. The molecule has 88 valence electrons. The molecule has 2 rings (SSSR count). The molecule has 0 aliphatic carbocycles. The fourth-order valence-corrected chi connectivity index (χ4v) is 1.90. The lowest BCUT2D eigenvalue weighted by molar-refractivity contribution is -0.116. The van der Waals surface area contributed by atoms with Crippen molar-refractivity contribution in [2.24, 2.45) is 0 Å². The number of benzene rings is 1. The molecule has 0 fully saturated rings. The SMILES string of the molecule is CC#CC(=O)NCC1Cc2ccccc2CO1. The maximum absolute atomic E-state index is 11.2. The van der Waals surface area contributed by atoms with E-state index in [0.29, 0.717) is 13.2 Å². The zero-order valence-electron chi connectivity index (χ0n) is 9.82. The molecule has 1 atom stereocenters. The molecule has 3 nitrogen and oxygen atoms in total. The second kappa shape index (κ2) is 5.51. The summed E-state index contributed by atoms with van der Waals surface area (Å²) in [5.74, 6) is 4.78. The molecule has 1 amide bonds. The van der Waals surface area contributed by atoms with Crippen LogP contribution in [0.1, 0.15) is 18.1 Å². The molecule has 1 aliphatic heterocycles. The van der Waals surface area contributed by atoms with Crippen molar-refractivity contribution in [2.45, 2.75) is 26.1 Å². The lowest BCUT2D eigenvalue weighted by Gasteiger charge is -2.25. The van der Waals surface area contributed by atoms with Crippen molar-refractivity contribution >= 4 is 5.91 Å². The van der Waals surface area contributed by atoms with Crippen molar-refractivity contribution in [1.29, 1.82) is 0 Å². The molecule has 1 aromatic carbocycles. The molecule has 1 aliphatic rings. The van der Waals surface area contributed by atoms with Gasteiger partial charge in [-0.05, 0) is 24.0 Å². The summed E-state index contributed by atoms with van der Waals surface area (Å²) in [7, 11) is 0. The van der Waals surface area contributed by atoms with Gasteiger partial charge in [0.1, 0.15) is 0 Å². The van der Waals surface area contributed by atoms with Crippen LogP contribution in [0.5, 0.6) is 0 Å². The van der Waals surface area contributed by atoms with Gasteiger partial charge < -0.3 is 10.1 Å². The molecular weight excluding hydrogens is 214 g/mol. The number of carbonyl (C=O) groups excluding carboxylic acids is 1. The first-order valence-electron chi connectivity index (χ1n) is 5.68. The number of rotatable bonds is 2. The topological polar surface area (TPSA) is 38.3 Å². The Balaban J connectivity index is 1.89. The second-order valence-corrected chi connectivity index (χ2v) is 3.99. The summed E-state index contributed by atoms with van der Waals surface area (Å²) in [6.07, 6.45) is 0.892. The highest BCUT2D eigenvalue weighted by Gasteiger charge is 2.18. The van der Waals surface area contributed by atoms with E-state index in [9.17, 15) is 4.79 Å². The van der Waals surface area contributed by atoms with Crippen LogP contribution in [0.4, 0.5) is 0 Å². The molecule has 3 heteroatoms. The molecule has 0 bridgehead atoms. The number of hydrogen-bond acceptors (Lipinski definition) is 2. The highest BCUT2D eigenvalue weighted by molar-refractivity contribution is 5.93. The minimum atomic E-state index is -0.241. The summed E-state index contributed by atoms with van der Waals surface area (Å²) >= 11 is 0. The highest BCUT2D eigenvalue weighted by Crippen LogP contribution is 2.19. The van der Waals surface area contributed by atoms with Gasteiger partial charge in [-0.25, -0.2) is 0 Å². The molecule has 0 radical (unpaired) electrons. The van der Waals surface area contributed by atoms with E-state index in [-0.39, 0.29) is 12.0 Å². The van der Waals surface area contributed by atoms with Crippen LogP contribution in [0.3, 0.4) is 0 Å². The number of nitrogens with one attached hydrogen (secondary N) is 1. The van der Waals surface area contributed by atoms with Crippen molar-refractivity contribution in [3.05, 3.63) is 35.4 Å². The van der Waals surface area contributed by atoms with Gasteiger partial charge in [-0.15, -0.1) is 0 Å². The highest BCUT2D eigenvalue weighted by atomic mass is 16.5. The Morgan fingerprint density at radius 1 is 1.47 bits per heavy atom. The number of amides is 1. The maximum atomic E-state index is 11.2.